The zero-order valence-electron chi connectivity index (χ0n) is 12.7. The predicted molar refractivity (Wildman–Crippen MR) is 88.5 cm³/mol. The van der Waals surface area contributed by atoms with Crippen LogP contribution in [-0.4, -0.2) is 22.7 Å². The Balaban J connectivity index is 2.04. The number of unbranched alkanes of at least 4 members (excludes halogenated alkanes) is 3. The standard InChI is InChI=1S/C17H21NO3S/c1-2-3-4-7-10-21-15-9-6-5-8-14(15)17-18-13(12-22-17)11-16(19)20/h5-6,8-9,12H,2-4,7,10-11H2,1H3,(H,19,20). The molecule has 0 saturated heterocycles. The molecule has 5 heteroatoms. The molecule has 0 spiro atoms. The van der Waals surface area contributed by atoms with Crippen LogP contribution in [0.4, 0.5) is 0 Å². The zero-order valence-corrected chi connectivity index (χ0v) is 13.6. The second-order valence-electron chi connectivity index (χ2n) is 5.12. The second-order valence-corrected chi connectivity index (χ2v) is 5.98. The minimum atomic E-state index is -0.864. The first kappa shape index (κ1) is 16.5. The van der Waals surface area contributed by atoms with Crippen LogP contribution < -0.4 is 4.74 Å². The number of carboxylic acid groups (broad SMARTS) is 1. The smallest absolute Gasteiger partial charge is 0.309 e. The highest BCUT2D eigenvalue weighted by Gasteiger charge is 2.11. The summed E-state index contributed by atoms with van der Waals surface area (Å²) in [6.07, 6.45) is 4.62. The molecule has 4 nitrogen and oxygen atoms in total. The van der Waals surface area contributed by atoms with Crippen molar-refractivity contribution in [2.24, 2.45) is 0 Å². The van der Waals surface area contributed by atoms with Gasteiger partial charge in [0.25, 0.3) is 0 Å². The Bertz CT molecular complexity index is 609. The third-order valence-corrected chi connectivity index (χ3v) is 4.18. The van der Waals surface area contributed by atoms with E-state index in [0.717, 1.165) is 22.7 Å². The third-order valence-electron chi connectivity index (χ3n) is 3.26. The van der Waals surface area contributed by atoms with Crippen molar-refractivity contribution < 1.29 is 14.6 Å². The number of aliphatic carboxylic acids is 1. The first-order valence-corrected chi connectivity index (χ1v) is 8.47. The summed E-state index contributed by atoms with van der Waals surface area (Å²) in [5.74, 6) is -0.0486. The number of carboxylic acids is 1. The number of para-hydroxylation sites is 1. The van der Waals surface area contributed by atoms with Gasteiger partial charge in [0.2, 0.25) is 0 Å². The van der Waals surface area contributed by atoms with E-state index in [0.29, 0.717) is 12.3 Å². The molecule has 118 valence electrons. The molecule has 2 rings (SSSR count). The van der Waals surface area contributed by atoms with E-state index in [-0.39, 0.29) is 6.42 Å². The summed E-state index contributed by atoms with van der Waals surface area (Å²) >= 11 is 1.45. The number of carbonyl (C=O) groups is 1. The number of ether oxygens (including phenoxy) is 1. The molecule has 1 N–H and O–H groups in total. The summed E-state index contributed by atoms with van der Waals surface area (Å²) in [4.78, 5) is 15.1. The Morgan fingerprint density at radius 2 is 2.09 bits per heavy atom. The van der Waals surface area contributed by atoms with Crippen LogP contribution in [0.5, 0.6) is 5.75 Å². The van der Waals surface area contributed by atoms with Crippen molar-refractivity contribution >= 4 is 17.3 Å². The summed E-state index contributed by atoms with van der Waals surface area (Å²) in [5, 5.41) is 11.4. The first-order valence-electron chi connectivity index (χ1n) is 7.59. The maximum atomic E-state index is 10.7. The Morgan fingerprint density at radius 1 is 1.27 bits per heavy atom. The Morgan fingerprint density at radius 3 is 2.86 bits per heavy atom. The van der Waals surface area contributed by atoms with E-state index >= 15 is 0 Å². The molecule has 0 atom stereocenters. The number of rotatable bonds is 9. The van der Waals surface area contributed by atoms with E-state index in [1.807, 2.05) is 24.3 Å². The molecule has 0 saturated carbocycles. The van der Waals surface area contributed by atoms with E-state index in [2.05, 4.69) is 11.9 Å². The summed E-state index contributed by atoms with van der Waals surface area (Å²) < 4.78 is 5.88. The van der Waals surface area contributed by atoms with Gasteiger partial charge in [0.1, 0.15) is 10.8 Å². The molecule has 0 aliphatic carbocycles. The van der Waals surface area contributed by atoms with Crippen LogP contribution in [0.15, 0.2) is 29.6 Å². The number of nitrogens with zero attached hydrogens (tertiary/aromatic N) is 1. The molecule has 1 heterocycles. The highest BCUT2D eigenvalue weighted by atomic mass is 32.1. The van der Waals surface area contributed by atoms with Crippen molar-refractivity contribution in [3.63, 3.8) is 0 Å². The lowest BCUT2D eigenvalue weighted by molar-refractivity contribution is -0.136. The van der Waals surface area contributed by atoms with Gasteiger partial charge < -0.3 is 9.84 Å². The van der Waals surface area contributed by atoms with Gasteiger partial charge in [0, 0.05) is 5.38 Å². The Labute approximate surface area is 134 Å². The number of hydrogen-bond acceptors (Lipinski definition) is 4. The van der Waals surface area contributed by atoms with Crippen LogP contribution in [0.3, 0.4) is 0 Å². The van der Waals surface area contributed by atoms with E-state index in [1.54, 1.807) is 5.38 Å². The van der Waals surface area contributed by atoms with Gasteiger partial charge in [0.05, 0.1) is 24.3 Å². The first-order chi connectivity index (χ1) is 10.7. The fraction of sp³-hybridized carbons (Fsp3) is 0.412. The summed E-state index contributed by atoms with van der Waals surface area (Å²) in [6.45, 7) is 2.89. The maximum Gasteiger partial charge on any atom is 0.309 e. The SMILES string of the molecule is CCCCCCOc1ccccc1-c1nc(CC(=O)O)cs1. The molecule has 22 heavy (non-hydrogen) atoms. The van der Waals surface area contributed by atoms with E-state index in [4.69, 9.17) is 9.84 Å². The highest BCUT2D eigenvalue weighted by molar-refractivity contribution is 7.13. The van der Waals surface area contributed by atoms with Crippen molar-refractivity contribution in [3.8, 4) is 16.3 Å². The molecule has 0 aliphatic heterocycles. The van der Waals surface area contributed by atoms with Crippen molar-refractivity contribution in [2.75, 3.05) is 6.61 Å². The normalized spacial score (nSPS) is 10.6. The van der Waals surface area contributed by atoms with Crippen LogP contribution in [0.1, 0.15) is 38.3 Å². The van der Waals surface area contributed by atoms with Gasteiger partial charge >= 0.3 is 5.97 Å². The zero-order chi connectivity index (χ0) is 15.8. The van der Waals surface area contributed by atoms with Crippen LogP contribution >= 0.6 is 11.3 Å². The molecular formula is C17H21NO3S. The maximum absolute atomic E-state index is 10.7. The van der Waals surface area contributed by atoms with Crippen molar-refractivity contribution in [2.45, 2.75) is 39.0 Å². The van der Waals surface area contributed by atoms with E-state index in [9.17, 15) is 4.79 Å². The fourth-order valence-corrected chi connectivity index (χ4v) is 3.00. The van der Waals surface area contributed by atoms with Gasteiger partial charge in [0.15, 0.2) is 0 Å². The van der Waals surface area contributed by atoms with Crippen LogP contribution in [0.2, 0.25) is 0 Å². The van der Waals surface area contributed by atoms with Crippen LogP contribution in [0.25, 0.3) is 10.6 Å². The summed E-state index contributed by atoms with van der Waals surface area (Å²) in [7, 11) is 0. The van der Waals surface area contributed by atoms with E-state index in [1.165, 1.54) is 30.6 Å². The average Bonchev–Trinajstić information content (AvgIpc) is 2.95. The van der Waals surface area contributed by atoms with Crippen molar-refractivity contribution in [1.29, 1.82) is 0 Å². The largest absolute Gasteiger partial charge is 0.493 e. The van der Waals surface area contributed by atoms with Gasteiger partial charge in [-0.15, -0.1) is 11.3 Å². The molecule has 1 aromatic carbocycles. The quantitative estimate of drug-likeness (QED) is 0.696. The Hall–Kier alpha value is -1.88. The lowest BCUT2D eigenvalue weighted by Gasteiger charge is -2.09. The summed E-state index contributed by atoms with van der Waals surface area (Å²) in [5.41, 5.74) is 1.52. The topological polar surface area (TPSA) is 59.4 Å². The molecule has 0 aliphatic rings. The number of benzene rings is 1. The number of hydrogen-bond donors (Lipinski definition) is 1. The molecule has 1 aromatic heterocycles. The number of thiazole rings is 1. The van der Waals surface area contributed by atoms with Gasteiger partial charge in [-0.05, 0) is 18.6 Å². The lowest BCUT2D eigenvalue weighted by Crippen LogP contribution is -2.00. The minimum absolute atomic E-state index is 0.0451. The molecule has 0 bridgehead atoms. The molecule has 0 fully saturated rings. The van der Waals surface area contributed by atoms with Gasteiger partial charge in [-0.1, -0.05) is 38.3 Å². The molecule has 0 unspecified atom stereocenters. The molecule has 0 radical (unpaired) electrons. The van der Waals surface area contributed by atoms with Crippen molar-refractivity contribution in [3.05, 3.63) is 35.3 Å². The van der Waals surface area contributed by atoms with Gasteiger partial charge in [-0.3, -0.25) is 4.79 Å². The monoisotopic (exact) mass is 319 g/mol. The highest BCUT2D eigenvalue weighted by Crippen LogP contribution is 2.32. The van der Waals surface area contributed by atoms with E-state index < -0.39 is 5.97 Å². The minimum Gasteiger partial charge on any atom is -0.493 e. The lowest BCUT2D eigenvalue weighted by atomic mass is 10.2. The van der Waals surface area contributed by atoms with Gasteiger partial charge in [-0.2, -0.15) is 0 Å². The average molecular weight is 319 g/mol. The van der Waals surface area contributed by atoms with Crippen molar-refractivity contribution in [1.82, 2.24) is 4.98 Å². The van der Waals surface area contributed by atoms with Crippen LogP contribution in [-0.2, 0) is 11.2 Å². The Kier molecular flexibility index (Phi) is 6.40. The second kappa shape index (κ2) is 8.54. The summed E-state index contributed by atoms with van der Waals surface area (Å²) in [6, 6.07) is 7.78. The third kappa shape index (κ3) is 4.84. The van der Waals surface area contributed by atoms with Crippen LogP contribution in [0, 0.1) is 0 Å². The predicted octanol–water partition coefficient (Wildman–Crippen LogP) is 4.40. The fourth-order valence-electron chi connectivity index (χ4n) is 2.15. The number of aromatic nitrogens is 1. The molecular weight excluding hydrogens is 298 g/mol. The van der Waals surface area contributed by atoms with Gasteiger partial charge in [-0.25, -0.2) is 4.98 Å². The molecule has 0 amide bonds. The molecule has 2 aromatic rings.